The zero-order valence-electron chi connectivity index (χ0n) is 11.4. The average molecular weight is 264 g/mol. The van der Waals surface area contributed by atoms with Gasteiger partial charge in [0, 0.05) is 36.8 Å². The second kappa shape index (κ2) is 5.63. The highest BCUT2D eigenvalue weighted by Gasteiger charge is 2.11. The van der Waals surface area contributed by atoms with Crippen LogP contribution in [0.4, 0.5) is 0 Å². The summed E-state index contributed by atoms with van der Waals surface area (Å²) in [5.41, 5.74) is 5.50. The zero-order valence-corrected chi connectivity index (χ0v) is 12.2. The number of hydrogen-bond donors (Lipinski definition) is 1. The highest BCUT2D eigenvalue weighted by atomic mass is 32.1. The molecular formula is C13H20N4S. The van der Waals surface area contributed by atoms with Crippen LogP contribution in [0.15, 0.2) is 11.7 Å². The van der Waals surface area contributed by atoms with Gasteiger partial charge in [-0.25, -0.2) is 4.98 Å². The lowest BCUT2D eigenvalue weighted by Crippen LogP contribution is -2.13. The summed E-state index contributed by atoms with van der Waals surface area (Å²) in [5, 5.41) is 7.98. The number of nitrogens with one attached hydrogen (secondary N) is 1. The standard InChI is InChI=1S/C13H20N4S/c1-9(2)13-11(7-17(4)16-13)5-14-6-12-10(3)15-8-18-12/h7-9,14H,5-6H2,1-4H3. The molecule has 0 aliphatic heterocycles. The van der Waals surface area contributed by atoms with Gasteiger partial charge in [-0.2, -0.15) is 5.10 Å². The summed E-state index contributed by atoms with van der Waals surface area (Å²) >= 11 is 1.71. The number of thiazole rings is 1. The van der Waals surface area contributed by atoms with Gasteiger partial charge in [-0.15, -0.1) is 11.3 Å². The van der Waals surface area contributed by atoms with Gasteiger partial charge < -0.3 is 5.32 Å². The maximum absolute atomic E-state index is 4.51. The zero-order chi connectivity index (χ0) is 13.1. The fourth-order valence-electron chi connectivity index (χ4n) is 1.98. The molecule has 2 aromatic rings. The third-order valence-electron chi connectivity index (χ3n) is 2.93. The Balaban J connectivity index is 1.96. The van der Waals surface area contributed by atoms with Crippen molar-refractivity contribution in [3.05, 3.63) is 33.5 Å². The largest absolute Gasteiger partial charge is 0.308 e. The second-order valence-electron chi connectivity index (χ2n) is 4.83. The Kier molecular flexibility index (Phi) is 4.14. The van der Waals surface area contributed by atoms with Crippen molar-refractivity contribution >= 4 is 11.3 Å². The van der Waals surface area contributed by atoms with Gasteiger partial charge in [-0.05, 0) is 12.8 Å². The molecule has 2 rings (SSSR count). The first-order chi connectivity index (χ1) is 8.58. The van der Waals surface area contributed by atoms with E-state index < -0.39 is 0 Å². The van der Waals surface area contributed by atoms with E-state index in [1.165, 1.54) is 16.1 Å². The molecule has 0 radical (unpaired) electrons. The first kappa shape index (κ1) is 13.2. The summed E-state index contributed by atoms with van der Waals surface area (Å²) in [7, 11) is 1.97. The molecule has 0 amide bonds. The van der Waals surface area contributed by atoms with E-state index in [2.05, 4.69) is 42.4 Å². The molecule has 18 heavy (non-hydrogen) atoms. The van der Waals surface area contributed by atoms with Crippen LogP contribution in [0.25, 0.3) is 0 Å². The minimum Gasteiger partial charge on any atom is -0.308 e. The van der Waals surface area contributed by atoms with Crippen LogP contribution in [0.3, 0.4) is 0 Å². The first-order valence-corrected chi connectivity index (χ1v) is 7.08. The molecule has 98 valence electrons. The van der Waals surface area contributed by atoms with Gasteiger partial charge in [0.15, 0.2) is 0 Å². The van der Waals surface area contributed by atoms with Crippen LogP contribution in [0.1, 0.15) is 41.6 Å². The maximum atomic E-state index is 4.51. The lowest BCUT2D eigenvalue weighted by Gasteiger charge is -2.06. The smallest absolute Gasteiger partial charge is 0.0798 e. The van der Waals surface area contributed by atoms with Crippen molar-refractivity contribution < 1.29 is 0 Å². The van der Waals surface area contributed by atoms with Crippen LogP contribution in [0.2, 0.25) is 0 Å². The number of aryl methyl sites for hydroxylation is 2. The van der Waals surface area contributed by atoms with Crippen LogP contribution in [-0.4, -0.2) is 14.8 Å². The van der Waals surface area contributed by atoms with Gasteiger partial charge in [-0.1, -0.05) is 13.8 Å². The quantitative estimate of drug-likeness (QED) is 0.902. The Morgan fingerprint density at radius 1 is 1.39 bits per heavy atom. The third kappa shape index (κ3) is 2.97. The predicted octanol–water partition coefficient (Wildman–Crippen LogP) is 2.60. The Labute approximate surface area is 112 Å². The van der Waals surface area contributed by atoms with E-state index in [0.717, 1.165) is 18.8 Å². The lowest BCUT2D eigenvalue weighted by atomic mass is 10.1. The summed E-state index contributed by atoms with van der Waals surface area (Å²) in [6, 6.07) is 0. The fourth-order valence-corrected chi connectivity index (χ4v) is 2.73. The van der Waals surface area contributed by atoms with Gasteiger partial charge in [0.05, 0.1) is 16.9 Å². The van der Waals surface area contributed by atoms with Crippen molar-refractivity contribution in [2.45, 2.75) is 39.8 Å². The van der Waals surface area contributed by atoms with Gasteiger partial charge in [0.2, 0.25) is 0 Å². The summed E-state index contributed by atoms with van der Waals surface area (Å²) in [5.74, 6) is 0.466. The number of hydrogen-bond acceptors (Lipinski definition) is 4. The molecule has 5 heteroatoms. The predicted molar refractivity (Wildman–Crippen MR) is 74.7 cm³/mol. The van der Waals surface area contributed by atoms with E-state index in [1.807, 2.05) is 17.2 Å². The van der Waals surface area contributed by atoms with Crippen LogP contribution in [0.5, 0.6) is 0 Å². The Morgan fingerprint density at radius 3 is 2.78 bits per heavy atom. The number of rotatable bonds is 5. The molecule has 0 aliphatic rings. The summed E-state index contributed by atoms with van der Waals surface area (Å²) in [4.78, 5) is 5.56. The van der Waals surface area contributed by atoms with Gasteiger partial charge in [0.25, 0.3) is 0 Å². The van der Waals surface area contributed by atoms with E-state index in [1.54, 1.807) is 11.3 Å². The summed E-state index contributed by atoms with van der Waals surface area (Å²) in [6.07, 6.45) is 2.10. The molecule has 2 aromatic heterocycles. The lowest BCUT2D eigenvalue weighted by molar-refractivity contribution is 0.680. The molecule has 0 spiro atoms. The fraction of sp³-hybridized carbons (Fsp3) is 0.538. The monoisotopic (exact) mass is 264 g/mol. The van der Waals surface area contributed by atoms with Gasteiger partial charge >= 0.3 is 0 Å². The topological polar surface area (TPSA) is 42.7 Å². The summed E-state index contributed by atoms with van der Waals surface area (Å²) in [6.45, 7) is 8.15. The van der Waals surface area contributed by atoms with E-state index in [0.29, 0.717) is 5.92 Å². The summed E-state index contributed by atoms with van der Waals surface area (Å²) < 4.78 is 1.89. The Hall–Kier alpha value is -1.20. The molecule has 0 saturated heterocycles. The van der Waals surface area contributed by atoms with Crippen molar-refractivity contribution in [2.75, 3.05) is 0 Å². The molecule has 1 N–H and O–H groups in total. The molecule has 0 bridgehead atoms. The van der Waals surface area contributed by atoms with Crippen LogP contribution < -0.4 is 5.32 Å². The molecule has 2 heterocycles. The maximum Gasteiger partial charge on any atom is 0.0798 e. The van der Waals surface area contributed by atoms with Crippen LogP contribution in [-0.2, 0) is 20.1 Å². The SMILES string of the molecule is Cc1ncsc1CNCc1cn(C)nc1C(C)C. The van der Waals surface area contributed by atoms with Gasteiger partial charge in [0.1, 0.15) is 0 Å². The minimum absolute atomic E-state index is 0.466. The van der Waals surface area contributed by atoms with Gasteiger partial charge in [-0.3, -0.25) is 4.68 Å². The Morgan fingerprint density at radius 2 is 2.17 bits per heavy atom. The van der Waals surface area contributed by atoms with E-state index in [9.17, 15) is 0 Å². The average Bonchev–Trinajstić information content (AvgIpc) is 2.86. The molecule has 0 aliphatic carbocycles. The molecular weight excluding hydrogens is 244 g/mol. The van der Waals surface area contributed by atoms with Crippen molar-refractivity contribution in [3.63, 3.8) is 0 Å². The number of nitrogens with zero attached hydrogens (tertiary/aromatic N) is 3. The number of aromatic nitrogens is 3. The highest BCUT2D eigenvalue weighted by Crippen LogP contribution is 2.17. The molecule has 0 saturated carbocycles. The van der Waals surface area contributed by atoms with Crippen molar-refractivity contribution in [3.8, 4) is 0 Å². The molecule has 4 nitrogen and oxygen atoms in total. The van der Waals surface area contributed by atoms with Crippen molar-refractivity contribution in [1.82, 2.24) is 20.1 Å². The molecule has 0 fully saturated rings. The van der Waals surface area contributed by atoms with Crippen LogP contribution in [0, 0.1) is 6.92 Å². The third-order valence-corrected chi connectivity index (χ3v) is 3.86. The Bertz CT molecular complexity index is 513. The minimum atomic E-state index is 0.466. The van der Waals surface area contributed by atoms with E-state index in [4.69, 9.17) is 0 Å². The highest BCUT2D eigenvalue weighted by molar-refractivity contribution is 7.09. The molecule has 0 atom stereocenters. The second-order valence-corrected chi connectivity index (χ2v) is 5.77. The first-order valence-electron chi connectivity index (χ1n) is 6.20. The molecule has 0 aromatic carbocycles. The van der Waals surface area contributed by atoms with E-state index in [-0.39, 0.29) is 0 Å². The van der Waals surface area contributed by atoms with Crippen molar-refractivity contribution in [1.29, 1.82) is 0 Å². The van der Waals surface area contributed by atoms with E-state index >= 15 is 0 Å². The molecule has 0 unspecified atom stereocenters. The van der Waals surface area contributed by atoms with Crippen molar-refractivity contribution in [2.24, 2.45) is 7.05 Å². The normalized spacial score (nSPS) is 11.4. The van der Waals surface area contributed by atoms with Crippen LogP contribution >= 0.6 is 11.3 Å².